The van der Waals surface area contributed by atoms with Crippen molar-refractivity contribution in [3.05, 3.63) is 23.3 Å². The van der Waals surface area contributed by atoms with Crippen LogP contribution in [0.2, 0.25) is 18.6 Å². The van der Waals surface area contributed by atoms with E-state index in [1.165, 1.54) is 6.42 Å². The molecule has 0 aromatic carbocycles. The van der Waals surface area contributed by atoms with E-state index in [-0.39, 0.29) is 8.80 Å². The van der Waals surface area contributed by atoms with E-state index in [0.717, 1.165) is 5.54 Å². The average Bonchev–Trinajstić information content (AvgIpc) is 2.48. The van der Waals surface area contributed by atoms with Gasteiger partial charge in [0.1, 0.15) is 0 Å². The molecular weight excluding hydrogens is 310 g/mol. The summed E-state index contributed by atoms with van der Waals surface area (Å²) in [7, 11) is 9.72. The molecule has 14 heavy (non-hydrogen) atoms. The van der Waals surface area contributed by atoms with Gasteiger partial charge in [-0.05, 0) is 18.9 Å². The summed E-state index contributed by atoms with van der Waals surface area (Å²) in [4.78, 5) is 0. The number of hydrogen-bond acceptors (Lipinski definition) is 0. The van der Waals surface area contributed by atoms with Crippen LogP contribution in [0.25, 0.3) is 0 Å². The molecule has 1 atom stereocenters. The van der Waals surface area contributed by atoms with Gasteiger partial charge in [-0.25, -0.2) is 0 Å². The fourth-order valence-corrected chi connectivity index (χ4v) is 3.16. The Morgan fingerprint density at radius 1 is 1.43 bits per heavy atom. The van der Waals surface area contributed by atoms with Crippen molar-refractivity contribution >= 4 is 25.8 Å². The first kappa shape index (κ1) is 15.2. The van der Waals surface area contributed by atoms with E-state index >= 15 is 0 Å². The minimum atomic E-state index is -0.826. The van der Waals surface area contributed by atoms with Gasteiger partial charge in [-0.2, -0.15) is 0 Å². The molecule has 1 radical (unpaired) electrons. The summed E-state index contributed by atoms with van der Waals surface area (Å²) in [6.07, 6.45) is 6.02. The SMILES string of the molecule is CCC1=CC([Si](C)C)C(C)=C1.[Cl][Zr][Cl]. The number of halogens is 2. The van der Waals surface area contributed by atoms with Crippen molar-refractivity contribution < 1.29 is 20.8 Å². The summed E-state index contributed by atoms with van der Waals surface area (Å²) < 4.78 is 0. The maximum atomic E-state index is 4.93. The zero-order chi connectivity index (χ0) is 11.1. The van der Waals surface area contributed by atoms with Gasteiger partial charge in [-0.3, -0.25) is 0 Å². The predicted molar refractivity (Wildman–Crippen MR) is 65.1 cm³/mol. The van der Waals surface area contributed by atoms with E-state index in [0.29, 0.717) is 0 Å². The molecule has 0 saturated carbocycles. The van der Waals surface area contributed by atoms with Crippen LogP contribution >= 0.6 is 17.0 Å². The van der Waals surface area contributed by atoms with E-state index in [9.17, 15) is 0 Å². The second kappa shape index (κ2) is 8.33. The first-order chi connectivity index (χ1) is 6.56. The molecule has 0 aliphatic heterocycles. The molecule has 4 heteroatoms. The van der Waals surface area contributed by atoms with Gasteiger partial charge in [0, 0.05) is 0 Å². The third kappa shape index (κ3) is 5.30. The molecule has 0 fully saturated rings. The second-order valence-corrected chi connectivity index (χ2v) is 10.1. The van der Waals surface area contributed by atoms with Crippen molar-refractivity contribution in [3.63, 3.8) is 0 Å². The monoisotopic (exact) mass is 325 g/mol. The summed E-state index contributed by atoms with van der Waals surface area (Å²) in [5.41, 5.74) is 3.94. The third-order valence-corrected chi connectivity index (χ3v) is 4.18. The van der Waals surface area contributed by atoms with Crippen LogP contribution in [-0.4, -0.2) is 8.80 Å². The van der Waals surface area contributed by atoms with E-state index < -0.39 is 20.8 Å². The van der Waals surface area contributed by atoms with Crippen LogP contribution in [0.5, 0.6) is 0 Å². The van der Waals surface area contributed by atoms with Crippen LogP contribution < -0.4 is 0 Å². The van der Waals surface area contributed by atoms with Crippen LogP contribution in [0.15, 0.2) is 23.3 Å². The van der Waals surface area contributed by atoms with Crippen molar-refractivity contribution in [1.82, 2.24) is 0 Å². The normalized spacial score (nSPS) is 19.8. The van der Waals surface area contributed by atoms with Crippen LogP contribution in [0.4, 0.5) is 0 Å². The molecule has 0 heterocycles. The van der Waals surface area contributed by atoms with Crippen molar-refractivity contribution in [2.24, 2.45) is 0 Å². The Balaban J connectivity index is 0.000000500. The zero-order valence-corrected chi connectivity index (χ0v) is 14.2. The topological polar surface area (TPSA) is 0 Å². The van der Waals surface area contributed by atoms with Crippen molar-refractivity contribution in [2.45, 2.75) is 38.9 Å². The Morgan fingerprint density at radius 3 is 2.14 bits per heavy atom. The first-order valence-electron chi connectivity index (χ1n) is 4.72. The summed E-state index contributed by atoms with van der Waals surface area (Å²) in [6, 6.07) is 0. The summed E-state index contributed by atoms with van der Waals surface area (Å²) in [5.74, 6) is 0. The summed E-state index contributed by atoms with van der Waals surface area (Å²) >= 11 is -0.826. The molecule has 0 N–H and O–H groups in total. The Labute approximate surface area is 108 Å². The van der Waals surface area contributed by atoms with E-state index in [1.807, 2.05) is 0 Å². The zero-order valence-electron chi connectivity index (χ0n) is 9.20. The molecule has 1 aliphatic carbocycles. The average molecular weight is 327 g/mol. The Bertz CT molecular complexity index is 224. The van der Waals surface area contributed by atoms with Gasteiger partial charge >= 0.3 is 37.9 Å². The molecule has 1 aliphatic rings. The van der Waals surface area contributed by atoms with Gasteiger partial charge in [0.25, 0.3) is 0 Å². The first-order valence-corrected chi connectivity index (χ1v) is 13.6. The van der Waals surface area contributed by atoms with E-state index in [2.05, 4.69) is 39.1 Å². The molecule has 79 valence electrons. The van der Waals surface area contributed by atoms with Gasteiger partial charge < -0.3 is 0 Å². The summed E-state index contributed by atoms with van der Waals surface area (Å²) in [5, 5.41) is 0. The maximum absolute atomic E-state index is 4.93. The van der Waals surface area contributed by atoms with Gasteiger partial charge in [-0.1, -0.05) is 43.3 Å². The van der Waals surface area contributed by atoms with Gasteiger partial charge in [-0.15, -0.1) is 0 Å². The number of rotatable bonds is 2. The number of hydrogen-bond donors (Lipinski definition) is 0. The van der Waals surface area contributed by atoms with Gasteiger partial charge in [0.05, 0.1) is 8.80 Å². The summed E-state index contributed by atoms with van der Waals surface area (Å²) in [6.45, 7) is 9.28. The van der Waals surface area contributed by atoms with Crippen LogP contribution in [-0.2, 0) is 20.8 Å². The molecule has 0 spiro atoms. The Hall–Kier alpha value is 1.16. The molecule has 1 unspecified atom stereocenters. The van der Waals surface area contributed by atoms with Crippen LogP contribution in [0, 0.1) is 0 Å². The standard InChI is InChI=1S/C10H17Si.2ClH.Zr/c1-5-9-6-8(2)10(7-9)11(3)4;;;/h6-7,10H,5H2,1-4H3;2*1H;/q;;;+2/p-2. The van der Waals surface area contributed by atoms with E-state index in [1.54, 1.807) is 11.1 Å². The molecular formula is C10H17Cl2SiZr. The fourth-order valence-electron chi connectivity index (χ4n) is 1.62. The molecule has 0 saturated heterocycles. The quantitative estimate of drug-likeness (QED) is 0.640. The molecule has 0 bridgehead atoms. The van der Waals surface area contributed by atoms with Gasteiger partial charge in [0.15, 0.2) is 0 Å². The Kier molecular flexibility index (Phi) is 9.02. The molecule has 0 amide bonds. The fraction of sp³-hybridized carbons (Fsp3) is 0.600. The predicted octanol–water partition coefficient (Wildman–Crippen LogP) is 4.78. The third-order valence-electron chi connectivity index (χ3n) is 2.31. The van der Waals surface area contributed by atoms with Crippen LogP contribution in [0.3, 0.4) is 0 Å². The molecule has 0 aromatic rings. The van der Waals surface area contributed by atoms with Gasteiger partial charge in [0.2, 0.25) is 0 Å². The van der Waals surface area contributed by atoms with E-state index in [4.69, 9.17) is 17.0 Å². The Morgan fingerprint density at radius 2 is 1.93 bits per heavy atom. The molecule has 0 nitrogen and oxygen atoms in total. The van der Waals surface area contributed by atoms with Crippen molar-refractivity contribution in [3.8, 4) is 0 Å². The van der Waals surface area contributed by atoms with Crippen molar-refractivity contribution in [2.75, 3.05) is 0 Å². The van der Waals surface area contributed by atoms with Crippen LogP contribution in [0.1, 0.15) is 20.3 Å². The minimum absolute atomic E-state index is 0.148. The number of allylic oxidation sites excluding steroid dienone is 4. The molecule has 0 aromatic heterocycles. The molecule has 1 rings (SSSR count). The van der Waals surface area contributed by atoms with Crippen molar-refractivity contribution in [1.29, 1.82) is 0 Å². The second-order valence-electron chi connectivity index (χ2n) is 3.61.